The number of hydrogen-bond donors (Lipinski definition) is 2. The molecular weight excluding hydrogens is 475 g/mol. The fourth-order valence-electron chi connectivity index (χ4n) is 2.70. The zero-order valence-electron chi connectivity index (χ0n) is 17.1. The molecule has 2 N–H and O–H groups in total. The van der Waals surface area contributed by atoms with E-state index >= 15 is 0 Å². The van der Waals surface area contributed by atoms with Crippen LogP contribution in [0.1, 0.15) is 6.92 Å². The molecule has 32 heavy (non-hydrogen) atoms. The molecule has 0 aliphatic heterocycles. The van der Waals surface area contributed by atoms with Crippen molar-refractivity contribution in [2.24, 2.45) is 0 Å². The number of rotatable bonds is 8. The van der Waals surface area contributed by atoms with E-state index < -0.39 is 16.1 Å². The van der Waals surface area contributed by atoms with E-state index in [2.05, 4.69) is 10.0 Å². The monoisotopic (exact) mass is 494 g/mol. The van der Waals surface area contributed by atoms with Gasteiger partial charge in [0.15, 0.2) is 6.10 Å². The highest BCUT2D eigenvalue weighted by Crippen LogP contribution is 2.25. The third kappa shape index (κ3) is 6.29. The van der Waals surface area contributed by atoms with E-state index in [9.17, 15) is 13.2 Å². The number of sulfonamides is 1. The smallest absolute Gasteiger partial charge is 0.265 e. The number of carbonyl (C=O) groups is 1. The van der Waals surface area contributed by atoms with E-state index in [1.54, 1.807) is 38.3 Å². The zero-order chi connectivity index (χ0) is 23.3. The van der Waals surface area contributed by atoms with Gasteiger partial charge in [-0.1, -0.05) is 23.2 Å². The fraction of sp³-hybridized carbons (Fsp3) is 0.136. The predicted octanol–water partition coefficient (Wildman–Crippen LogP) is 5.21. The molecule has 0 saturated carbocycles. The van der Waals surface area contributed by atoms with Gasteiger partial charge in [-0.2, -0.15) is 0 Å². The minimum atomic E-state index is -3.87. The summed E-state index contributed by atoms with van der Waals surface area (Å²) in [6.07, 6.45) is -0.777. The van der Waals surface area contributed by atoms with Gasteiger partial charge >= 0.3 is 0 Å². The van der Waals surface area contributed by atoms with Gasteiger partial charge in [0.25, 0.3) is 15.9 Å². The number of anilines is 2. The van der Waals surface area contributed by atoms with Gasteiger partial charge in [-0.3, -0.25) is 9.52 Å². The Balaban J connectivity index is 1.63. The molecular formula is C22H20Cl2N2O5S. The molecule has 0 bridgehead atoms. The quantitative estimate of drug-likeness (QED) is 0.448. The normalized spacial score (nSPS) is 12.0. The Labute approximate surface area is 196 Å². The highest BCUT2D eigenvalue weighted by molar-refractivity contribution is 7.92. The van der Waals surface area contributed by atoms with E-state index in [1.807, 2.05) is 0 Å². The number of nitrogens with one attached hydrogen (secondary N) is 2. The second-order valence-corrected chi connectivity index (χ2v) is 9.27. The molecule has 0 aliphatic rings. The Morgan fingerprint density at radius 2 is 1.44 bits per heavy atom. The summed E-state index contributed by atoms with van der Waals surface area (Å²) in [6.45, 7) is 1.61. The van der Waals surface area contributed by atoms with Gasteiger partial charge in [-0.25, -0.2) is 8.42 Å². The molecule has 0 saturated heterocycles. The first-order valence-corrected chi connectivity index (χ1v) is 11.6. The Kier molecular flexibility index (Phi) is 7.50. The molecule has 7 nitrogen and oxygen atoms in total. The molecule has 0 unspecified atom stereocenters. The lowest BCUT2D eigenvalue weighted by Crippen LogP contribution is -2.30. The summed E-state index contributed by atoms with van der Waals surface area (Å²) in [7, 11) is -2.31. The molecule has 0 fully saturated rings. The molecule has 3 aromatic carbocycles. The van der Waals surface area contributed by atoms with Crippen molar-refractivity contribution in [1.29, 1.82) is 0 Å². The molecule has 0 spiro atoms. The van der Waals surface area contributed by atoms with Crippen molar-refractivity contribution in [2.75, 3.05) is 17.1 Å². The van der Waals surface area contributed by atoms with E-state index in [0.717, 1.165) is 0 Å². The van der Waals surface area contributed by atoms with Crippen LogP contribution in [0.5, 0.6) is 11.5 Å². The second kappa shape index (κ2) is 10.1. The first-order valence-electron chi connectivity index (χ1n) is 9.37. The summed E-state index contributed by atoms with van der Waals surface area (Å²) in [6, 6.07) is 17.0. The van der Waals surface area contributed by atoms with Crippen LogP contribution in [-0.2, 0) is 14.8 Å². The molecule has 0 radical (unpaired) electrons. The maximum Gasteiger partial charge on any atom is 0.265 e. The van der Waals surface area contributed by atoms with Gasteiger partial charge in [0, 0.05) is 15.7 Å². The SMILES string of the molecule is COc1ccc(O[C@@H](C)C(=O)Nc2ccc(S(=O)(=O)Nc3cc(Cl)cc(Cl)c3)cc2)cc1. The average molecular weight is 495 g/mol. The van der Waals surface area contributed by atoms with Gasteiger partial charge in [0.2, 0.25) is 0 Å². The van der Waals surface area contributed by atoms with Crippen molar-refractivity contribution >= 4 is 50.5 Å². The van der Waals surface area contributed by atoms with Gasteiger partial charge < -0.3 is 14.8 Å². The lowest BCUT2D eigenvalue weighted by atomic mass is 10.3. The Bertz CT molecular complexity index is 1180. The maximum absolute atomic E-state index is 12.6. The zero-order valence-corrected chi connectivity index (χ0v) is 19.5. The van der Waals surface area contributed by atoms with Crippen LogP contribution >= 0.6 is 23.2 Å². The van der Waals surface area contributed by atoms with E-state index in [-0.39, 0.29) is 16.5 Å². The highest BCUT2D eigenvalue weighted by Gasteiger charge is 2.17. The standard InChI is InChI=1S/C22H20Cl2N2O5S/c1-14(31-20-7-5-19(30-2)6-8-20)22(27)25-17-3-9-21(10-4-17)32(28,29)26-18-12-15(23)11-16(24)13-18/h3-14,26H,1-2H3,(H,25,27)/t14-/m0/s1. The van der Waals surface area contributed by atoms with Crippen molar-refractivity contribution in [3.8, 4) is 11.5 Å². The van der Waals surface area contributed by atoms with Crippen LogP contribution in [0.3, 0.4) is 0 Å². The third-order valence-corrected chi connectivity index (χ3v) is 6.12. The largest absolute Gasteiger partial charge is 0.497 e. The number of ether oxygens (including phenoxy) is 2. The lowest BCUT2D eigenvalue weighted by Gasteiger charge is -2.15. The van der Waals surface area contributed by atoms with Crippen LogP contribution in [0, 0.1) is 0 Å². The number of benzene rings is 3. The number of hydrogen-bond acceptors (Lipinski definition) is 5. The molecule has 168 valence electrons. The summed E-state index contributed by atoms with van der Waals surface area (Å²) < 4.78 is 38.3. The number of carbonyl (C=O) groups excluding carboxylic acids is 1. The van der Waals surface area contributed by atoms with E-state index in [0.29, 0.717) is 27.2 Å². The molecule has 3 aromatic rings. The molecule has 10 heteroatoms. The van der Waals surface area contributed by atoms with Crippen molar-refractivity contribution in [2.45, 2.75) is 17.9 Å². The van der Waals surface area contributed by atoms with Crippen molar-refractivity contribution in [3.05, 3.63) is 76.8 Å². The van der Waals surface area contributed by atoms with Gasteiger partial charge in [-0.05, 0) is 73.7 Å². The predicted molar refractivity (Wildman–Crippen MR) is 125 cm³/mol. The number of methoxy groups -OCH3 is 1. The minimum absolute atomic E-state index is 0.00845. The van der Waals surface area contributed by atoms with Crippen molar-refractivity contribution in [1.82, 2.24) is 0 Å². The Hall–Kier alpha value is -2.94. The molecule has 0 aromatic heterocycles. The topological polar surface area (TPSA) is 93.7 Å². The first-order chi connectivity index (χ1) is 15.2. The molecule has 1 amide bonds. The summed E-state index contributed by atoms with van der Waals surface area (Å²) in [5.41, 5.74) is 0.661. The lowest BCUT2D eigenvalue weighted by molar-refractivity contribution is -0.122. The maximum atomic E-state index is 12.6. The van der Waals surface area contributed by atoms with Crippen LogP contribution in [0.2, 0.25) is 10.0 Å². The molecule has 3 rings (SSSR count). The van der Waals surface area contributed by atoms with Crippen LogP contribution < -0.4 is 19.5 Å². The van der Waals surface area contributed by atoms with Crippen LogP contribution in [0.15, 0.2) is 71.6 Å². The van der Waals surface area contributed by atoms with Crippen LogP contribution in [0.25, 0.3) is 0 Å². The van der Waals surface area contributed by atoms with Gasteiger partial charge in [-0.15, -0.1) is 0 Å². The van der Waals surface area contributed by atoms with E-state index in [4.69, 9.17) is 32.7 Å². The number of halogens is 2. The second-order valence-electron chi connectivity index (χ2n) is 6.71. The van der Waals surface area contributed by atoms with Gasteiger partial charge in [0.1, 0.15) is 11.5 Å². The molecule has 1 atom stereocenters. The van der Waals surface area contributed by atoms with Gasteiger partial charge in [0.05, 0.1) is 17.7 Å². The van der Waals surface area contributed by atoms with Crippen molar-refractivity contribution in [3.63, 3.8) is 0 Å². The average Bonchev–Trinajstić information content (AvgIpc) is 2.73. The van der Waals surface area contributed by atoms with Crippen molar-refractivity contribution < 1.29 is 22.7 Å². The Morgan fingerprint density at radius 1 is 0.875 bits per heavy atom. The first kappa shape index (κ1) is 23.7. The summed E-state index contributed by atoms with van der Waals surface area (Å²) in [4.78, 5) is 12.4. The molecule has 0 heterocycles. The summed E-state index contributed by atoms with van der Waals surface area (Å²) >= 11 is 11.8. The highest BCUT2D eigenvalue weighted by atomic mass is 35.5. The minimum Gasteiger partial charge on any atom is -0.497 e. The van der Waals surface area contributed by atoms with E-state index in [1.165, 1.54) is 42.5 Å². The number of amides is 1. The summed E-state index contributed by atoms with van der Waals surface area (Å²) in [5.74, 6) is 0.808. The summed E-state index contributed by atoms with van der Waals surface area (Å²) in [5, 5.41) is 3.30. The fourth-order valence-corrected chi connectivity index (χ4v) is 4.27. The Morgan fingerprint density at radius 3 is 2.00 bits per heavy atom. The van der Waals surface area contributed by atoms with Crippen LogP contribution in [-0.4, -0.2) is 27.5 Å². The van der Waals surface area contributed by atoms with Crippen LogP contribution in [0.4, 0.5) is 11.4 Å². The molecule has 0 aliphatic carbocycles. The third-order valence-electron chi connectivity index (χ3n) is 4.29.